The summed E-state index contributed by atoms with van der Waals surface area (Å²) in [6.07, 6.45) is 0.667. The first-order valence-electron chi connectivity index (χ1n) is 5.64. The number of guanidine groups is 1. The van der Waals surface area contributed by atoms with Gasteiger partial charge in [-0.25, -0.2) is 13.4 Å². The number of sulfonamides is 1. The minimum absolute atomic E-state index is 0. The lowest BCUT2D eigenvalue weighted by Crippen LogP contribution is -2.25. The second-order valence-corrected chi connectivity index (χ2v) is 6.17. The number of hydrogen-bond donors (Lipinski definition) is 2. The third-order valence-electron chi connectivity index (χ3n) is 2.74. The van der Waals surface area contributed by atoms with Crippen molar-refractivity contribution in [3.63, 3.8) is 0 Å². The van der Waals surface area contributed by atoms with E-state index in [1.165, 1.54) is 4.31 Å². The zero-order chi connectivity index (χ0) is 13.2. The molecule has 0 spiro atoms. The summed E-state index contributed by atoms with van der Waals surface area (Å²) in [4.78, 5) is 3.90. The normalized spacial score (nSPS) is 16.7. The van der Waals surface area contributed by atoms with Crippen LogP contribution in [0.5, 0.6) is 0 Å². The molecule has 1 aromatic rings. The third kappa shape index (κ3) is 3.96. The maximum atomic E-state index is 11.8. The zero-order valence-electron chi connectivity index (χ0n) is 10.3. The van der Waals surface area contributed by atoms with Crippen LogP contribution in [0.25, 0.3) is 0 Å². The van der Waals surface area contributed by atoms with Gasteiger partial charge in [0.05, 0.1) is 18.0 Å². The van der Waals surface area contributed by atoms with E-state index in [0.717, 1.165) is 5.56 Å². The number of benzene rings is 1. The molecule has 106 valence electrons. The number of anilines is 1. The number of hydrogen-bond acceptors (Lipinski definition) is 3. The van der Waals surface area contributed by atoms with Crippen LogP contribution in [0.15, 0.2) is 29.3 Å². The standard InChI is InChI=1S/C11H16N4O2S.HI/c12-11(13)14-8-9-3-1-4-10(7-9)15-5-2-6-18(15,16)17;/h1,3-4,7H,2,5-6,8H2,(H4,12,13,14);1H. The van der Waals surface area contributed by atoms with E-state index in [1.807, 2.05) is 6.07 Å². The van der Waals surface area contributed by atoms with E-state index < -0.39 is 10.0 Å². The maximum Gasteiger partial charge on any atom is 0.235 e. The third-order valence-corrected chi connectivity index (χ3v) is 4.61. The lowest BCUT2D eigenvalue weighted by Gasteiger charge is -2.17. The summed E-state index contributed by atoms with van der Waals surface area (Å²) in [5, 5.41) is 0. The van der Waals surface area contributed by atoms with E-state index in [-0.39, 0.29) is 35.7 Å². The number of rotatable bonds is 3. The Kier molecular flexibility index (Phi) is 5.41. The fourth-order valence-electron chi connectivity index (χ4n) is 1.92. The van der Waals surface area contributed by atoms with Crippen LogP contribution in [0.2, 0.25) is 0 Å². The van der Waals surface area contributed by atoms with Crippen LogP contribution in [-0.4, -0.2) is 26.7 Å². The first-order valence-corrected chi connectivity index (χ1v) is 7.25. The Bertz CT molecular complexity index is 570. The average Bonchev–Trinajstić information content (AvgIpc) is 2.67. The molecular weight excluding hydrogens is 379 g/mol. The smallest absolute Gasteiger partial charge is 0.235 e. The predicted octanol–water partition coefficient (Wildman–Crippen LogP) is 0.618. The number of halogens is 1. The van der Waals surface area contributed by atoms with Crippen LogP contribution in [0.4, 0.5) is 5.69 Å². The van der Waals surface area contributed by atoms with E-state index >= 15 is 0 Å². The highest BCUT2D eigenvalue weighted by Crippen LogP contribution is 2.24. The Balaban J connectivity index is 0.00000180. The Morgan fingerprint density at radius 2 is 2.11 bits per heavy atom. The van der Waals surface area contributed by atoms with Gasteiger partial charge in [-0.15, -0.1) is 24.0 Å². The molecule has 19 heavy (non-hydrogen) atoms. The Labute approximate surface area is 129 Å². The van der Waals surface area contributed by atoms with Gasteiger partial charge in [0.15, 0.2) is 5.96 Å². The van der Waals surface area contributed by atoms with Crippen molar-refractivity contribution in [2.24, 2.45) is 16.5 Å². The first-order chi connectivity index (χ1) is 8.49. The molecule has 0 amide bonds. The quantitative estimate of drug-likeness (QED) is 0.444. The molecule has 6 nitrogen and oxygen atoms in total. The zero-order valence-corrected chi connectivity index (χ0v) is 13.5. The molecule has 1 fully saturated rings. The molecule has 1 aliphatic rings. The molecule has 1 aliphatic heterocycles. The second kappa shape index (κ2) is 6.42. The molecular formula is C11H17IN4O2S. The number of aliphatic imine (C=N–C) groups is 1. The molecule has 0 radical (unpaired) electrons. The number of nitrogens with two attached hydrogens (primary N) is 2. The van der Waals surface area contributed by atoms with Crippen LogP contribution in [0, 0.1) is 0 Å². The predicted molar refractivity (Wildman–Crippen MR) is 87.1 cm³/mol. The SMILES string of the molecule is I.NC(N)=NCc1cccc(N2CCCS2(=O)=O)c1. The lowest BCUT2D eigenvalue weighted by molar-refractivity contribution is 0.599. The van der Waals surface area contributed by atoms with Crippen molar-refractivity contribution in [2.45, 2.75) is 13.0 Å². The molecule has 4 N–H and O–H groups in total. The van der Waals surface area contributed by atoms with Crippen LogP contribution in [0.1, 0.15) is 12.0 Å². The first kappa shape index (κ1) is 16.0. The summed E-state index contributed by atoms with van der Waals surface area (Å²) in [5.74, 6) is 0.236. The van der Waals surface area contributed by atoms with Crippen molar-refractivity contribution < 1.29 is 8.42 Å². The van der Waals surface area contributed by atoms with Crippen molar-refractivity contribution >= 4 is 45.6 Å². The molecule has 0 saturated carbocycles. The van der Waals surface area contributed by atoms with E-state index in [4.69, 9.17) is 11.5 Å². The van der Waals surface area contributed by atoms with Crippen molar-refractivity contribution in [2.75, 3.05) is 16.6 Å². The minimum Gasteiger partial charge on any atom is -0.370 e. The van der Waals surface area contributed by atoms with Gasteiger partial charge in [-0.1, -0.05) is 12.1 Å². The fraction of sp³-hybridized carbons (Fsp3) is 0.364. The topological polar surface area (TPSA) is 102 Å². The van der Waals surface area contributed by atoms with Gasteiger partial charge < -0.3 is 11.5 Å². The van der Waals surface area contributed by atoms with Crippen LogP contribution in [0.3, 0.4) is 0 Å². The highest BCUT2D eigenvalue weighted by molar-refractivity contribution is 14.0. The summed E-state index contributed by atoms with van der Waals surface area (Å²) >= 11 is 0. The molecule has 0 aromatic heterocycles. The summed E-state index contributed by atoms with van der Waals surface area (Å²) in [6, 6.07) is 7.25. The van der Waals surface area contributed by atoms with Gasteiger partial charge in [-0.05, 0) is 24.1 Å². The summed E-state index contributed by atoms with van der Waals surface area (Å²) in [6.45, 7) is 0.887. The Morgan fingerprint density at radius 1 is 1.37 bits per heavy atom. The van der Waals surface area contributed by atoms with Gasteiger partial charge in [-0.3, -0.25) is 4.31 Å². The van der Waals surface area contributed by atoms with Crippen LogP contribution < -0.4 is 15.8 Å². The van der Waals surface area contributed by atoms with Crippen molar-refractivity contribution in [1.29, 1.82) is 0 Å². The summed E-state index contributed by atoms with van der Waals surface area (Å²) in [5.41, 5.74) is 12.1. The molecule has 1 saturated heterocycles. The van der Waals surface area contributed by atoms with E-state index in [0.29, 0.717) is 25.2 Å². The van der Waals surface area contributed by atoms with E-state index in [2.05, 4.69) is 4.99 Å². The molecule has 8 heteroatoms. The molecule has 1 aromatic carbocycles. The van der Waals surface area contributed by atoms with Gasteiger partial charge >= 0.3 is 0 Å². The highest BCUT2D eigenvalue weighted by atomic mass is 127. The van der Waals surface area contributed by atoms with E-state index in [1.54, 1.807) is 18.2 Å². The van der Waals surface area contributed by atoms with Gasteiger partial charge in [0.25, 0.3) is 0 Å². The van der Waals surface area contributed by atoms with Crippen LogP contribution >= 0.6 is 24.0 Å². The van der Waals surface area contributed by atoms with Gasteiger partial charge in [-0.2, -0.15) is 0 Å². The van der Waals surface area contributed by atoms with Gasteiger partial charge in [0.2, 0.25) is 10.0 Å². The molecule has 0 bridgehead atoms. The highest BCUT2D eigenvalue weighted by Gasteiger charge is 2.28. The van der Waals surface area contributed by atoms with Crippen LogP contribution in [-0.2, 0) is 16.6 Å². The Morgan fingerprint density at radius 3 is 2.68 bits per heavy atom. The largest absolute Gasteiger partial charge is 0.370 e. The Hall–Kier alpha value is -1.03. The second-order valence-electron chi connectivity index (χ2n) is 4.15. The monoisotopic (exact) mass is 396 g/mol. The molecule has 1 heterocycles. The van der Waals surface area contributed by atoms with Crippen molar-refractivity contribution in [1.82, 2.24) is 0 Å². The molecule has 0 atom stereocenters. The summed E-state index contributed by atoms with van der Waals surface area (Å²) < 4.78 is 25.0. The van der Waals surface area contributed by atoms with Gasteiger partial charge in [0.1, 0.15) is 0 Å². The van der Waals surface area contributed by atoms with Gasteiger partial charge in [0, 0.05) is 6.54 Å². The van der Waals surface area contributed by atoms with E-state index in [9.17, 15) is 8.42 Å². The van der Waals surface area contributed by atoms with Crippen molar-refractivity contribution in [3.05, 3.63) is 29.8 Å². The molecule has 0 aliphatic carbocycles. The average molecular weight is 396 g/mol. The fourth-order valence-corrected chi connectivity index (χ4v) is 3.48. The lowest BCUT2D eigenvalue weighted by atomic mass is 10.2. The minimum atomic E-state index is -3.14. The van der Waals surface area contributed by atoms with Crippen molar-refractivity contribution in [3.8, 4) is 0 Å². The summed E-state index contributed by atoms with van der Waals surface area (Å²) in [7, 11) is -3.14. The maximum absolute atomic E-state index is 11.8. The molecule has 0 unspecified atom stereocenters. The number of nitrogens with zero attached hydrogens (tertiary/aromatic N) is 2. The molecule has 2 rings (SSSR count).